The lowest BCUT2D eigenvalue weighted by atomic mass is 9.46. The van der Waals surface area contributed by atoms with Gasteiger partial charge in [-0.2, -0.15) is 0 Å². The number of allylic oxidation sites excluding steroid dienone is 4. The molecule has 6 nitrogen and oxygen atoms in total. The molecule has 4 aliphatic carbocycles. The second-order valence-electron chi connectivity index (χ2n) is 12.5. The van der Waals surface area contributed by atoms with E-state index < -0.39 is 17.1 Å². The molecule has 38 heavy (non-hydrogen) atoms. The second kappa shape index (κ2) is 9.37. The number of carbonyl (C=O) groups excluding carboxylic acids is 2. The average Bonchev–Trinajstić information content (AvgIpc) is 3.47. The fraction of sp³-hybridized carbons (Fsp3) is 0.700. The van der Waals surface area contributed by atoms with E-state index >= 15 is 0 Å². The number of carbonyl (C=O) groups is 2. The topological polar surface area (TPSA) is 85.7 Å². The number of ether oxygens (including phenoxy) is 2. The zero-order valence-corrected chi connectivity index (χ0v) is 24.6. The summed E-state index contributed by atoms with van der Waals surface area (Å²) in [6.07, 6.45) is 8.89. The number of thiazole rings is 1. The van der Waals surface area contributed by atoms with Crippen molar-refractivity contribution in [1.82, 2.24) is 4.98 Å². The highest BCUT2D eigenvalue weighted by Gasteiger charge is 2.75. The van der Waals surface area contributed by atoms with E-state index in [0.717, 1.165) is 47.7 Å². The van der Waals surface area contributed by atoms with Crippen LogP contribution in [-0.4, -0.2) is 51.5 Å². The Hall–Kier alpha value is -1.32. The van der Waals surface area contributed by atoms with Gasteiger partial charge in [-0.15, -0.1) is 11.3 Å². The normalized spacial score (nSPS) is 43.3. The summed E-state index contributed by atoms with van der Waals surface area (Å²) in [4.78, 5) is 32.3. The number of aryl methyl sites for hydroxylation is 2. The third-order valence-electron chi connectivity index (χ3n) is 10.6. The molecule has 1 saturated heterocycles. The standard InChI is InChI=1S/C30H39NO5S2/c1-6-7-25-35-24-13-21-20-9-8-18-12-19(32)10-11-28(18,4)26(20)22(33)14-29(21,5)30(24,36-25)23(34)15-37-27-31-16(2)17(3)38-27/h10-12,20-22,24-26,33H,6-9,13-15H2,1-5H3/t20?,21?,22?,24-,25-,26?,28?,29?,30-/m1/s1. The fourth-order valence-electron chi connectivity index (χ4n) is 8.74. The number of nitrogens with zero attached hydrogens (tertiary/aromatic N) is 1. The van der Waals surface area contributed by atoms with E-state index in [0.29, 0.717) is 6.42 Å². The molecular formula is C30H39NO5S2. The van der Waals surface area contributed by atoms with Gasteiger partial charge in [0.15, 0.2) is 27.8 Å². The Labute approximate surface area is 233 Å². The highest BCUT2D eigenvalue weighted by atomic mass is 32.2. The molecule has 5 aliphatic rings. The Kier molecular flexibility index (Phi) is 6.63. The smallest absolute Gasteiger partial charge is 0.178 e. The van der Waals surface area contributed by atoms with E-state index in [1.54, 1.807) is 23.5 Å². The highest BCUT2D eigenvalue weighted by molar-refractivity contribution is 8.01. The van der Waals surface area contributed by atoms with Gasteiger partial charge >= 0.3 is 0 Å². The Bertz CT molecular complexity index is 1200. The van der Waals surface area contributed by atoms with Crippen molar-refractivity contribution in [3.05, 3.63) is 34.4 Å². The molecule has 206 valence electrons. The van der Waals surface area contributed by atoms with Gasteiger partial charge in [0.25, 0.3) is 0 Å². The van der Waals surface area contributed by atoms with E-state index in [9.17, 15) is 14.7 Å². The van der Waals surface area contributed by atoms with E-state index in [1.807, 2.05) is 13.0 Å². The molecule has 0 bridgehead atoms. The maximum Gasteiger partial charge on any atom is 0.178 e. The summed E-state index contributed by atoms with van der Waals surface area (Å²) in [6, 6.07) is 0. The molecule has 2 heterocycles. The van der Waals surface area contributed by atoms with Gasteiger partial charge in [0.1, 0.15) is 0 Å². The first kappa shape index (κ1) is 26.9. The van der Waals surface area contributed by atoms with Crippen LogP contribution in [0.5, 0.6) is 0 Å². The molecule has 1 N–H and O–H groups in total. The van der Waals surface area contributed by atoms with Gasteiger partial charge < -0.3 is 14.6 Å². The second-order valence-corrected chi connectivity index (χ2v) is 14.9. The van der Waals surface area contributed by atoms with Crippen LogP contribution in [0, 0.1) is 42.4 Å². The lowest BCUT2D eigenvalue weighted by Gasteiger charge is -2.59. The van der Waals surface area contributed by atoms with Crippen LogP contribution in [0.4, 0.5) is 0 Å². The van der Waals surface area contributed by atoms with Crippen LogP contribution in [-0.2, 0) is 19.1 Å². The average molecular weight is 558 g/mol. The van der Waals surface area contributed by atoms with Crippen molar-refractivity contribution < 1.29 is 24.2 Å². The third kappa shape index (κ3) is 3.73. The largest absolute Gasteiger partial charge is 0.393 e. The van der Waals surface area contributed by atoms with E-state index in [-0.39, 0.29) is 52.9 Å². The van der Waals surface area contributed by atoms with Gasteiger partial charge in [-0.3, -0.25) is 9.59 Å². The number of ketones is 2. The SMILES string of the molecule is CCC[C@@H]1O[C@@H]2CC3C4CCC5=CC(=O)C=CC5(C)C4C(O)CC3(C)[C@]2(C(=O)CSc2nc(C)c(C)s2)O1. The van der Waals surface area contributed by atoms with Crippen LogP contribution in [0.1, 0.15) is 69.9 Å². The summed E-state index contributed by atoms with van der Waals surface area (Å²) in [6.45, 7) is 10.5. The zero-order chi connectivity index (χ0) is 27.0. The van der Waals surface area contributed by atoms with Crippen LogP contribution >= 0.6 is 23.1 Å². The van der Waals surface area contributed by atoms with Crippen molar-refractivity contribution >= 4 is 34.7 Å². The summed E-state index contributed by atoms with van der Waals surface area (Å²) in [5.74, 6) is 0.834. The molecule has 1 aromatic rings. The van der Waals surface area contributed by atoms with Crippen molar-refractivity contribution in [2.75, 3.05) is 5.75 Å². The van der Waals surface area contributed by atoms with Crippen molar-refractivity contribution in [2.45, 2.75) is 102 Å². The predicted octanol–water partition coefficient (Wildman–Crippen LogP) is 5.59. The molecule has 0 aromatic carbocycles. The highest BCUT2D eigenvalue weighted by Crippen LogP contribution is 2.69. The first-order valence-corrected chi connectivity index (χ1v) is 15.9. The quantitative estimate of drug-likeness (QED) is 0.456. The van der Waals surface area contributed by atoms with Gasteiger partial charge in [-0.05, 0) is 69.9 Å². The van der Waals surface area contributed by atoms with E-state index in [2.05, 4.69) is 32.7 Å². The molecule has 1 aromatic heterocycles. The molecule has 6 unspecified atom stereocenters. The molecule has 6 rings (SSSR count). The number of fused-ring (bicyclic) bond motifs is 7. The van der Waals surface area contributed by atoms with Crippen LogP contribution in [0.15, 0.2) is 28.1 Å². The van der Waals surface area contributed by atoms with Crippen LogP contribution < -0.4 is 0 Å². The lowest BCUT2D eigenvalue weighted by Crippen LogP contribution is -2.63. The molecule has 8 heteroatoms. The van der Waals surface area contributed by atoms with E-state index in [4.69, 9.17) is 9.47 Å². The molecule has 4 fully saturated rings. The predicted molar refractivity (Wildman–Crippen MR) is 148 cm³/mol. The molecule has 0 radical (unpaired) electrons. The molecule has 9 atom stereocenters. The van der Waals surface area contributed by atoms with Gasteiger partial charge in [-0.25, -0.2) is 4.98 Å². The number of Topliss-reactive ketones (excluding diaryl/α,β-unsaturated/α-hetero) is 1. The van der Waals surface area contributed by atoms with Crippen LogP contribution in [0.25, 0.3) is 0 Å². The third-order valence-corrected chi connectivity index (χ3v) is 12.8. The number of hydrogen-bond acceptors (Lipinski definition) is 8. The van der Waals surface area contributed by atoms with Crippen molar-refractivity contribution in [3.63, 3.8) is 0 Å². The molecule has 0 spiro atoms. The zero-order valence-electron chi connectivity index (χ0n) is 23.0. The molecule has 0 amide bonds. The summed E-state index contributed by atoms with van der Waals surface area (Å²) >= 11 is 3.13. The number of thioether (sulfide) groups is 1. The van der Waals surface area contributed by atoms with Crippen LogP contribution in [0.3, 0.4) is 0 Å². The fourth-order valence-corrected chi connectivity index (χ4v) is 10.8. The summed E-state index contributed by atoms with van der Waals surface area (Å²) < 4.78 is 14.2. The van der Waals surface area contributed by atoms with Gasteiger partial charge in [-0.1, -0.05) is 50.6 Å². The van der Waals surface area contributed by atoms with Gasteiger partial charge in [0, 0.05) is 21.6 Å². The van der Waals surface area contributed by atoms with Gasteiger partial charge in [0.05, 0.1) is 23.7 Å². The first-order chi connectivity index (χ1) is 18.0. The Morgan fingerprint density at radius 3 is 2.82 bits per heavy atom. The number of hydrogen-bond donors (Lipinski definition) is 1. The summed E-state index contributed by atoms with van der Waals surface area (Å²) in [5, 5.41) is 11.8. The number of rotatable bonds is 6. The number of aliphatic hydroxyl groups excluding tert-OH is 1. The summed E-state index contributed by atoms with van der Waals surface area (Å²) in [7, 11) is 0. The lowest BCUT2D eigenvalue weighted by molar-refractivity contribution is -0.197. The summed E-state index contributed by atoms with van der Waals surface area (Å²) in [5.41, 5.74) is 0.219. The Morgan fingerprint density at radius 2 is 2.11 bits per heavy atom. The Balaban J connectivity index is 1.34. The first-order valence-electron chi connectivity index (χ1n) is 14.1. The minimum atomic E-state index is -1.06. The number of aromatic nitrogens is 1. The van der Waals surface area contributed by atoms with E-state index in [1.165, 1.54) is 16.6 Å². The maximum absolute atomic E-state index is 14.3. The maximum atomic E-state index is 14.3. The monoisotopic (exact) mass is 557 g/mol. The van der Waals surface area contributed by atoms with Crippen molar-refractivity contribution in [3.8, 4) is 0 Å². The van der Waals surface area contributed by atoms with Gasteiger partial charge in [0.2, 0.25) is 0 Å². The molecule has 1 aliphatic heterocycles. The minimum Gasteiger partial charge on any atom is -0.393 e. The minimum absolute atomic E-state index is 0.0120. The Morgan fingerprint density at radius 1 is 1.32 bits per heavy atom. The van der Waals surface area contributed by atoms with Crippen molar-refractivity contribution in [2.24, 2.45) is 28.6 Å². The molecular weight excluding hydrogens is 518 g/mol. The van der Waals surface area contributed by atoms with Crippen LogP contribution in [0.2, 0.25) is 0 Å². The molecule has 3 saturated carbocycles. The van der Waals surface area contributed by atoms with Crippen molar-refractivity contribution in [1.29, 1.82) is 0 Å². The number of aliphatic hydroxyl groups is 1.